The van der Waals surface area contributed by atoms with Crippen molar-refractivity contribution in [1.82, 2.24) is 14.6 Å². The molecule has 3 aliphatic rings. The summed E-state index contributed by atoms with van der Waals surface area (Å²) in [5.41, 5.74) is 3.27. The van der Waals surface area contributed by atoms with E-state index in [2.05, 4.69) is 25.0 Å². The van der Waals surface area contributed by atoms with Crippen molar-refractivity contribution < 1.29 is 27.1 Å². The fourth-order valence-corrected chi connectivity index (χ4v) is 6.78. The Kier molecular flexibility index (Phi) is 7.24. The standard InChI is InChI=1S/C28H35F2N7O4S/c1-19-31-25-24(36-12-8-28(29,30)9-13-36)17-21(18-37(25)33-19)32-26(39)22-3-2-20(34-42(40,41)15-14-38)16-23(22)35-10-6-27(4-5-27)7-11-35/h2-3,16-18,34,38H,4-15H2,1H3,(H,32,39). The van der Waals surface area contributed by atoms with Gasteiger partial charge in [0.2, 0.25) is 10.0 Å². The average molecular weight is 604 g/mol. The van der Waals surface area contributed by atoms with Crippen LogP contribution in [0.2, 0.25) is 0 Å². The summed E-state index contributed by atoms with van der Waals surface area (Å²) in [6, 6.07) is 6.52. The van der Waals surface area contributed by atoms with Crippen LogP contribution in [0.5, 0.6) is 0 Å². The lowest BCUT2D eigenvalue weighted by molar-refractivity contribution is -0.0220. The zero-order valence-corrected chi connectivity index (χ0v) is 24.3. The highest BCUT2D eigenvalue weighted by molar-refractivity contribution is 7.92. The summed E-state index contributed by atoms with van der Waals surface area (Å²) in [6.45, 7) is 3.04. The van der Waals surface area contributed by atoms with E-state index in [0.717, 1.165) is 25.9 Å². The van der Waals surface area contributed by atoms with Crippen molar-refractivity contribution in [1.29, 1.82) is 0 Å². The van der Waals surface area contributed by atoms with E-state index in [0.29, 0.717) is 45.2 Å². The van der Waals surface area contributed by atoms with E-state index in [-0.39, 0.29) is 25.9 Å². The minimum Gasteiger partial charge on any atom is -0.395 e. The topological polar surface area (TPSA) is 132 Å². The number of alkyl halides is 2. The Labute approximate surface area is 243 Å². The zero-order valence-electron chi connectivity index (χ0n) is 23.4. The summed E-state index contributed by atoms with van der Waals surface area (Å²) >= 11 is 0. The normalized spacial score (nSPS) is 19.7. The monoisotopic (exact) mass is 603 g/mol. The SMILES string of the molecule is Cc1nc2c(N3CCC(F)(F)CC3)cc(NC(=O)c3ccc(NS(=O)(=O)CCO)cc3N3CCC4(CC3)CC4)cn2n1. The Morgan fingerprint density at radius 3 is 2.29 bits per heavy atom. The van der Waals surface area contributed by atoms with Gasteiger partial charge in [0.1, 0.15) is 5.82 Å². The number of nitrogens with one attached hydrogen (secondary N) is 2. The van der Waals surface area contributed by atoms with Gasteiger partial charge in [-0.2, -0.15) is 5.10 Å². The number of halogens is 2. The van der Waals surface area contributed by atoms with Gasteiger partial charge in [0.25, 0.3) is 11.8 Å². The lowest BCUT2D eigenvalue weighted by atomic mass is 9.93. The maximum Gasteiger partial charge on any atom is 0.257 e. The maximum atomic E-state index is 13.9. The lowest BCUT2D eigenvalue weighted by Gasteiger charge is -2.35. The van der Waals surface area contributed by atoms with Gasteiger partial charge in [-0.25, -0.2) is 26.7 Å². The molecule has 11 nitrogen and oxygen atoms in total. The molecule has 2 aromatic heterocycles. The molecule has 0 radical (unpaired) electrons. The van der Waals surface area contributed by atoms with Crippen LogP contribution < -0.4 is 19.8 Å². The number of fused-ring (bicyclic) bond motifs is 1. The van der Waals surface area contributed by atoms with E-state index in [9.17, 15) is 22.0 Å². The van der Waals surface area contributed by atoms with Crippen LogP contribution in [0, 0.1) is 12.3 Å². The van der Waals surface area contributed by atoms with Crippen LogP contribution in [0.4, 0.5) is 31.5 Å². The van der Waals surface area contributed by atoms with Crippen molar-refractivity contribution in [3.63, 3.8) is 0 Å². The van der Waals surface area contributed by atoms with Crippen molar-refractivity contribution in [2.45, 2.75) is 51.4 Å². The Bertz CT molecular complexity index is 1600. The molecule has 0 atom stereocenters. The molecule has 1 amide bonds. The number of aryl methyl sites for hydroxylation is 1. The van der Waals surface area contributed by atoms with Gasteiger partial charge < -0.3 is 20.2 Å². The van der Waals surface area contributed by atoms with Gasteiger partial charge in [-0.05, 0) is 62.3 Å². The molecule has 42 heavy (non-hydrogen) atoms. The van der Waals surface area contributed by atoms with Gasteiger partial charge in [-0.3, -0.25) is 9.52 Å². The highest BCUT2D eigenvalue weighted by atomic mass is 32.2. The smallest absolute Gasteiger partial charge is 0.257 e. The minimum absolute atomic E-state index is 0.153. The molecule has 1 aliphatic carbocycles. The molecule has 226 valence electrons. The third-order valence-corrected chi connectivity index (χ3v) is 9.88. The van der Waals surface area contributed by atoms with E-state index < -0.39 is 34.2 Å². The van der Waals surface area contributed by atoms with E-state index in [1.165, 1.54) is 18.9 Å². The molecule has 1 spiro atoms. The van der Waals surface area contributed by atoms with Crippen molar-refractivity contribution in [2.24, 2.45) is 5.41 Å². The average Bonchev–Trinajstić information content (AvgIpc) is 3.57. The van der Waals surface area contributed by atoms with Crippen LogP contribution >= 0.6 is 0 Å². The molecule has 1 saturated carbocycles. The summed E-state index contributed by atoms with van der Waals surface area (Å²) in [6.07, 6.45) is 5.57. The highest BCUT2D eigenvalue weighted by Gasteiger charge is 2.44. The molecule has 3 fully saturated rings. The zero-order chi connectivity index (χ0) is 29.7. The molecule has 3 aromatic rings. The molecule has 1 aromatic carbocycles. The molecule has 0 bridgehead atoms. The van der Waals surface area contributed by atoms with Gasteiger partial charge in [-0.1, -0.05) is 0 Å². The van der Waals surface area contributed by atoms with Crippen molar-refractivity contribution in [3.8, 4) is 0 Å². The fraction of sp³-hybridized carbons (Fsp3) is 0.536. The second-order valence-electron chi connectivity index (χ2n) is 11.7. The van der Waals surface area contributed by atoms with Crippen LogP contribution in [0.15, 0.2) is 30.5 Å². The van der Waals surface area contributed by atoms with Crippen LogP contribution in [-0.4, -0.2) is 78.5 Å². The molecule has 14 heteroatoms. The predicted octanol–water partition coefficient (Wildman–Crippen LogP) is 3.64. The van der Waals surface area contributed by atoms with Crippen LogP contribution in [0.3, 0.4) is 0 Å². The second kappa shape index (κ2) is 10.6. The minimum atomic E-state index is -3.75. The number of pyridine rings is 1. The van der Waals surface area contributed by atoms with Crippen LogP contribution in [0.1, 0.15) is 54.7 Å². The van der Waals surface area contributed by atoms with Crippen molar-refractivity contribution in [2.75, 3.05) is 58.4 Å². The maximum absolute atomic E-state index is 13.9. The first-order valence-corrected chi connectivity index (χ1v) is 15.9. The number of carbonyl (C=O) groups is 1. The number of benzene rings is 1. The van der Waals surface area contributed by atoms with Gasteiger partial charge >= 0.3 is 0 Å². The summed E-state index contributed by atoms with van der Waals surface area (Å²) in [5, 5.41) is 16.5. The lowest BCUT2D eigenvalue weighted by Crippen LogP contribution is -2.39. The predicted molar refractivity (Wildman–Crippen MR) is 156 cm³/mol. The third kappa shape index (κ3) is 6.00. The van der Waals surface area contributed by atoms with Gasteiger partial charge in [-0.15, -0.1) is 0 Å². The highest BCUT2D eigenvalue weighted by Crippen LogP contribution is 2.54. The largest absolute Gasteiger partial charge is 0.395 e. The molecule has 2 saturated heterocycles. The number of hydrogen-bond donors (Lipinski definition) is 3. The Hall–Kier alpha value is -3.52. The third-order valence-electron chi connectivity index (χ3n) is 8.61. The number of hydrogen-bond acceptors (Lipinski definition) is 8. The van der Waals surface area contributed by atoms with Crippen molar-refractivity contribution >= 4 is 44.3 Å². The first kappa shape index (κ1) is 28.6. The molecule has 0 unspecified atom stereocenters. The number of aromatic nitrogens is 3. The molecular formula is C28H35F2N7O4S. The molecule has 3 N–H and O–H groups in total. The summed E-state index contributed by atoms with van der Waals surface area (Å²) in [5.74, 6) is -3.02. The molecular weight excluding hydrogens is 568 g/mol. The van der Waals surface area contributed by atoms with E-state index in [1.54, 1.807) is 35.8 Å². The molecule has 6 rings (SSSR count). The van der Waals surface area contributed by atoms with E-state index >= 15 is 0 Å². The number of amides is 1. The Balaban J connectivity index is 1.30. The quantitative estimate of drug-likeness (QED) is 0.356. The number of aliphatic hydroxyl groups is 1. The Morgan fingerprint density at radius 2 is 1.62 bits per heavy atom. The summed E-state index contributed by atoms with van der Waals surface area (Å²) in [7, 11) is -3.75. The second-order valence-corrected chi connectivity index (χ2v) is 13.5. The fourth-order valence-electron chi connectivity index (χ4n) is 5.95. The van der Waals surface area contributed by atoms with Gasteiger partial charge in [0, 0.05) is 39.0 Å². The first-order chi connectivity index (χ1) is 19.9. The number of anilines is 4. The number of rotatable bonds is 8. The summed E-state index contributed by atoms with van der Waals surface area (Å²) in [4.78, 5) is 22.2. The number of sulfonamides is 1. The number of aliphatic hydroxyl groups excluding tert-OH is 1. The van der Waals surface area contributed by atoms with E-state index in [4.69, 9.17) is 5.11 Å². The molecule has 4 heterocycles. The van der Waals surface area contributed by atoms with Crippen LogP contribution in [0.25, 0.3) is 5.65 Å². The number of nitrogens with zero attached hydrogens (tertiary/aromatic N) is 5. The van der Waals surface area contributed by atoms with Gasteiger partial charge in [0.05, 0.1) is 46.9 Å². The van der Waals surface area contributed by atoms with Crippen LogP contribution in [-0.2, 0) is 10.0 Å². The number of carbonyl (C=O) groups excluding carboxylic acids is 1. The number of piperidine rings is 2. The summed E-state index contributed by atoms with van der Waals surface area (Å²) < 4.78 is 56.4. The molecule has 2 aliphatic heterocycles. The van der Waals surface area contributed by atoms with Gasteiger partial charge in [0.15, 0.2) is 5.65 Å². The van der Waals surface area contributed by atoms with E-state index in [1.807, 2.05) is 4.90 Å². The first-order valence-electron chi connectivity index (χ1n) is 14.3. The van der Waals surface area contributed by atoms with Crippen molar-refractivity contribution in [3.05, 3.63) is 41.9 Å². The Morgan fingerprint density at radius 1 is 0.976 bits per heavy atom.